The molecule has 1 N–H and O–H groups in total. The van der Waals surface area contributed by atoms with Gasteiger partial charge in [-0.1, -0.05) is 12.2 Å². The summed E-state index contributed by atoms with van der Waals surface area (Å²) < 4.78 is 36.9. The number of aromatic nitrogens is 2. The van der Waals surface area contributed by atoms with Gasteiger partial charge >= 0.3 is 6.18 Å². The van der Waals surface area contributed by atoms with Crippen LogP contribution in [0.15, 0.2) is 23.2 Å². The first-order chi connectivity index (χ1) is 6.41. The first-order valence-electron chi connectivity index (χ1n) is 3.79. The van der Waals surface area contributed by atoms with Crippen LogP contribution in [0, 0.1) is 0 Å². The minimum atomic E-state index is -4.37. The van der Waals surface area contributed by atoms with E-state index in [1.165, 1.54) is 6.20 Å². The zero-order valence-corrected chi connectivity index (χ0v) is 8.30. The highest BCUT2D eigenvalue weighted by atomic mass is 32.2. The maximum Gasteiger partial charge on any atom is 0.433 e. The van der Waals surface area contributed by atoms with E-state index < -0.39 is 11.9 Å². The van der Waals surface area contributed by atoms with Gasteiger partial charge in [-0.25, -0.2) is 0 Å². The number of halogens is 3. The second-order valence-electron chi connectivity index (χ2n) is 2.85. The molecule has 0 atom stereocenters. The van der Waals surface area contributed by atoms with Gasteiger partial charge in [0.1, 0.15) is 0 Å². The van der Waals surface area contributed by atoms with Crippen LogP contribution in [-0.4, -0.2) is 16.0 Å². The van der Waals surface area contributed by atoms with Crippen LogP contribution >= 0.6 is 11.8 Å². The van der Waals surface area contributed by atoms with E-state index in [0.717, 1.165) is 17.3 Å². The third kappa shape index (κ3) is 2.80. The van der Waals surface area contributed by atoms with E-state index in [1.54, 1.807) is 6.92 Å². The number of H-pyrrole nitrogens is 1. The summed E-state index contributed by atoms with van der Waals surface area (Å²) in [5, 5.41) is 5.31. The van der Waals surface area contributed by atoms with Crippen LogP contribution in [0.5, 0.6) is 0 Å². The highest BCUT2D eigenvalue weighted by Crippen LogP contribution is 2.35. The Morgan fingerprint density at radius 2 is 2.29 bits per heavy atom. The van der Waals surface area contributed by atoms with Crippen molar-refractivity contribution in [1.29, 1.82) is 0 Å². The minimum absolute atomic E-state index is 0.112. The number of alkyl halides is 3. The Labute approximate surface area is 83.6 Å². The van der Waals surface area contributed by atoms with Crippen LogP contribution in [0.2, 0.25) is 0 Å². The van der Waals surface area contributed by atoms with Crippen LogP contribution in [0.1, 0.15) is 12.6 Å². The zero-order chi connectivity index (χ0) is 10.8. The predicted octanol–water partition coefficient (Wildman–Crippen LogP) is 3.10. The fourth-order valence-electron chi connectivity index (χ4n) is 0.789. The van der Waals surface area contributed by atoms with Crippen LogP contribution in [0.4, 0.5) is 13.2 Å². The minimum Gasteiger partial charge on any atom is -0.273 e. The molecule has 1 aromatic rings. The number of nitrogens with zero attached hydrogens (tertiary/aromatic N) is 1. The molecule has 0 unspecified atom stereocenters. The van der Waals surface area contributed by atoms with Crippen molar-refractivity contribution in [1.82, 2.24) is 10.2 Å². The van der Waals surface area contributed by atoms with E-state index in [-0.39, 0.29) is 4.90 Å². The molecule has 0 bridgehead atoms. The molecule has 1 rings (SSSR count). The van der Waals surface area contributed by atoms with Gasteiger partial charge in [0.15, 0.2) is 5.69 Å². The van der Waals surface area contributed by atoms with Crippen molar-refractivity contribution in [3.8, 4) is 0 Å². The van der Waals surface area contributed by atoms with Gasteiger partial charge in [0.2, 0.25) is 0 Å². The SMILES string of the molecule is C=C(C)CSc1cn[nH]c1C(F)(F)F. The topological polar surface area (TPSA) is 28.7 Å². The van der Waals surface area contributed by atoms with Crippen molar-refractivity contribution < 1.29 is 13.2 Å². The van der Waals surface area contributed by atoms with Gasteiger partial charge in [-0.05, 0) is 6.92 Å². The Morgan fingerprint density at radius 1 is 1.64 bits per heavy atom. The second kappa shape index (κ2) is 4.08. The third-order valence-electron chi connectivity index (χ3n) is 1.36. The van der Waals surface area contributed by atoms with Gasteiger partial charge in [0.25, 0.3) is 0 Å². The van der Waals surface area contributed by atoms with E-state index in [1.807, 2.05) is 5.10 Å². The van der Waals surface area contributed by atoms with Gasteiger partial charge < -0.3 is 0 Å². The molecule has 0 spiro atoms. The summed E-state index contributed by atoms with van der Waals surface area (Å²) >= 11 is 1.08. The molecular weight excluding hydrogens is 213 g/mol. The number of aromatic amines is 1. The van der Waals surface area contributed by atoms with E-state index in [2.05, 4.69) is 11.7 Å². The van der Waals surface area contributed by atoms with Crippen LogP contribution < -0.4 is 0 Å². The molecule has 0 aliphatic rings. The largest absolute Gasteiger partial charge is 0.433 e. The smallest absolute Gasteiger partial charge is 0.273 e. The van der Waals surface area contributed by atoms with Crippen molar-refractivity contribution in [2.24, 2.45) is 0 Å². The molecule has 1 aromatic heterocycles. The van der Waals surface area contributed by atoms with Crippen LogP contribution in [0.3, 0.4) is 0 Å². The Balaban J connectivity index is 2.78. The highest BCUT2D eigenvalue weighted by Gasteiger charge is 2.35. The van der Waals surface area contributed by atoms with Crippen LogP contribution in [0.25, 0.3) is 0 Å². The molecule has 0 aromatic carbocycles. The van der Waals surface area contributed by atoms with Gasteiger partial charge in [0, 0.05) is 5.75 Å². The fourth-order valence-corrected chi connectivity index (χ4v) is 1.62. The van der Waals surface area contributed by atoms with Crippen molar-refractivity contribution in [2.45, 2.75) is 18.0 Å². The Morgan fingerprint density at radius 3 is 2.79 bits per heavy atom. The molecule has 6 heteroatoms. The normalized spacial score (nSPS) is 11.7. The molecule has 2 nitrogen and oxygen atoms in total. The number of nitrogens with one attached hydrogen (secondary N) is 1. The first-order valence-corrected chi connectivity index (χ1v) is 4.77. The Hall–Kier alpha value is -0.910. The lowest BCUT2D eigenvalue weighted by Gasteiger charge is -2.05. The second-order valence-corrected chi connectivity index (χ2v) is 3.87. The first kappa shape index (κ1) is 11.2. The van der Waals surface area contributed by atoms with E-state index in [9.17, 15) is 13.2 Å². The summed E-state index contributed by atoms with van der Waals surface area (Å²) in [6.45, 7) is 5.38. The lowest BCUT2D eigenvalue weighted by molar-refractivity contribution is -0.143. The van der Waals surface area contributed by atoms with E-state index in [0.29, 0.717) is 5.75 Å². The maximum atomic E-state index is 12.3. The number of rotatable bonds is 3. The van der Waals surface area contributed by atoms with Crippen molar-refractivity contribution in [3.63, 3.8) is 0 Å². The average molecular weight is 222 g/mol. The van der Waals surface area contributed by atoms with E-state index in [4.69, 9.17) is 0 Å². The molecule has 0 fully saturated rings. The molecule has 14 heavy (non-hydrogen) atoms. The van der Waals surface area contributed by atoms with Crippen molar-refractivity contribution >= 4 is 11.8 Å². The van der Waals surface area contributed by atoms with Gasteiger partial charge in [0.05, 0.1) is 11.1 Å². The summed E-state index contributed by atoms with van der Waals surface area (Å²) in [5.41, 5.74) is 0.0353. The molecule has 0 saturated heterocycles. The predicted molar refractivity (Wildman–Crippen MR) is 49.1 cm³/mol. The summed E-state index contributed by atoms with van der Waals surface area (Å²) in [7, 11) is 0. The van der Waals surface area contributed by atoms with Gasteiger partial charge in [-0.15, -0.1) is 11.8 Å². The summed E-state index contributed by atoms with van der Waals surface area (Å²) in [5.74, 6) is 0.461. The Kier molecular flexibility index (Phi) is 3.25. The van der Waals surface area contributed by atoms with Gasteiger partial charge in [-0.3, -0.25) is 5.10 Å². The standard InChI is InChI=1S/C8H9F3N2S/c1-5(2)4-14-6-3-12-13-7(6)8(9,10)11/h3H,1,4H2,2H3,(H,12,13). The van der Waals surface area contributed by atoms with Gasteiger partial charge in [-0.2, -0.15) is 18.3 Å². The highest BCUT2D eigenvalue weighted by molar-refractivity contribution is 7.99. The monoisotopic (exact) mass is 222 g/mol. The van der Waals surface area contributed by atoms with E-state index >= 15 is 0 Å². The lowest BCUT2D eigenvalue weighted by atomic mass is 10.4. The molecule has 0 aliphatic carbocycles. The number of thioether (sulfide) groups is 1. The number of hydrogen-bond donors (Lipinski definition) is 1. The molecular formula is C8H9F3N2S. The molecule has 1 heterocycles. The van der Waals surface area contributed by atoms with Crippen molar-refractivity contribution in [3.05, 3.63) is 24.0 Å². The third-order valence-corrected chi connectivity index (χ3v) is 2.62. The Bertz CT molecular complexity index is 330. The number of hydrogen-bond acceptors (Lipinski definition) is 2. The quantitative estimate of drug-likeness (QED) is 0.628. The zero-order valence-electron chi connectivity index (χ0n) is 7.48. The maximum absolute atomic E-state index is 12.3. The molecule has 0 saturated carbocycles. The average Bonchev–Trinajstić information content (AvgIpc) is 2.46. The molecule has 0 aliphatic heterocycles. The summed E-state index contributed by atoms with van der Waals surface area (Å²) in [6.07, 6.45) is -3.19. The van der Waals surface area contributed by atoms with Crippen LogP contribution in [-0.2, 0) is 6.18 Å². The molecule has 0 amide bonds. The molecule has 0 radical (unpaired) electrons. The van der Waals surface area contributed by atoms with Crippen molar-refractivity contribution in [2.75, 3.05) is 5.75 Å². The lowest BCUT2D eigenvalue weighted by Crippen LogP contribution is -2.07. The summed E-state index contributed by atoms with van der Waals surface area (Å²) in [6, 6.07) is 0. The fraction of sp³-hybridized carbons (Fsp3) is 0.375. The molecule has 78 valence electrons. The summed E-state index contributed by atoms with van der Waals surface area (Å²) in [4.78, 5) is 0.112.